The Morgan fingerprint density at radius 3 is 2.14 bits per heavy atom. The lowest BCUT2D eigenvalue weighted by molar-refractivity contribution is 0.0690. The van der Waals surface area contributed by atoms with Crippen molar-refractivity contribution in [3.8, 4) is 0 Å². The maximum Gasteiger partial charge on any atom is 0.352 e. The summed E-state index contributed by atoms with van der Waals surface area (Å²) in [5.41, 5.74) is 0.210. The van der Waals surface area contributed by atoms with Gasteiger partial charge >= 0.3 is 5.97 Å². The van der Waals surface area contributed by atoms with Crippen LogP contribution in [0.1, 0.15) is 21.7 Å². The van der Waals surface area contributed by atoms with Gasteiger partial charge in [-0.05, 0) is 13.8 Å². The number of carboxylic acids is 1. The Morgan fingerprint density at radius 1 is 1.43 bits per heavy atom. The van der Waals surface area contributed by atoms with Gasteiger partial charge in [0.15, 0.2) is 0 Å². The summed E-state index contributed by atoms with van der Waals surface area (Å²) in [6.45, 7) is 2.84. The van der Waals surface area contributed by atoms with Crippen molar-refractivity contribution in [2.75, 3.05) is 0 Å². The molecule has 0 saturated heterocycles. The van der Waals surface area contributed by atoms with E-state index in [1.807, 2.05) is 0 Å². The van der Waals surface area contributed by atoms with E-state index in [1.54, 1.807) is 0 Å². The molecule has 0 atom stereocenters. The summed E-state index contributed by atoms with van der Waals surface area (Å²) < 4.78 is 22.1. The highest BCUT2D eigenvalue weighted by molar-refractivity contribution is 8.13. The van der Waals surface area contributed by atoms with Crippen molar-refractivity contribution in [2.24, 2.45) is 0 Å². The van der Waals surface area contributed by atoms with Gasteiger partial charge in [-0.25, -0.2) is 13.2 Å². The number of rotatable bonds is 2. The molecule has 1 aromatic heterocycles. The van der Waals surface area contributed by atoms with E-state index in [2.05, 4.69) is 4.98 Å². The third kappa shape index (κ3) is 1.76. The van der Waals surface area contributed by atoms with Crippen LogP contribution < -0.4 is 0 Å². The van der Waals surface area contributed by atoms with Crippen LogP contribution in [0, 0.1) is 13.8 Å². The summed E-state index contributed by atoms with van der Waals surface area (Å²) in [5, 5.41) is 8.70. The number of hydrogen-bond acceptors (Lipinski definition) is 3. The number of carbonyl (C=O) groups is 1. The van der Waals surface area contributed by atoms with Gasteiger partial charge in [-0.1, -0.05) is 0 Å². The summed E-state index contributed by atoms with van der Waals surface area (Å²) in [6, 6.07) is 0. The van der Waals surface area contributed by atoms with E-state index >= 15 is 0 Å². The highest BCUT2D eigenvalue weighted by Gasteiger charge is 2.24. The third-order valence-corrected chi connectivity index (χ3v) is 3.39. The van der Waals surface area contributed by atoms with Crippen LogP contribution >= 0.6 is 10.7 Å². The minimum atomic E-state index is -3.90. The monoisotopic (exact) mass is 237 g/mol. The second kappa shape index (κ2) is 3.29. The predicted octanol–water partition coefficient (Wildman–Crippen LogP) is 1.26. The SMILES string of the molecule is Cc1[nH]c(C(=O)O)c(C)c1S(=O)(=O)Cl. The quantitative estimate of drug-likeness (QED) is 0.758. The zero-order valence-electron chi connectivity index (χ0n) is 7.46. The lowest BCUT2D eigenvalue weighted by Gasteiger charge is -1.95. The Hall–Kier alpha value is -1.01. The normalized spacial score (nSPS) is 11.6. The molecule has 14 heavy (non-hydrogen) atoms. The fourth-order valence-electron chi connectivity index (χ4n) is 1.31. The Morgan fingerprint density at radius 2 is 1.93 bits per heavy atom. The lowest BCUT2D eigenvalue weighted by Crippen LogP contribution is -1.99. The van der Waals surface area contributed by atoms with Crippen LogP contribution in [0.25, 0.3) is 0 Å². The van der Waals surface area contributed by atoms with Gasteiger partial charge in [-0.15, -0.1) is 0 Å². The molecule has 1 heterocycles. The Labute approximate surface area is 85.1 Å². The highest BCUT2D eigenvalue weighted by atomic mass is 35.7. The molecule has 0 radical (unpaired) electrons. The molecule has 0 bridgehead atoms. The smallest absolute Gasteiger partial charge is 0.352 e. The maximum absolute atomic E-state index is 11.1. The van der Waals surface area contributed by atoms with E-state index in [0.717, 1.165) is 0 Å². The second-order valence-electron chi connectivity index (χ2n) is 2.82. The molecule has 78 valence electrons. The van der Waals surface area contributed by atoms with Gasteiger partial charge < -0.3 is 10.1 Å². The molecule has 0 saturated carbocycles. The molecule has 7 heteroatoms. The van der Waals surface area contributed by atoms with Crippen LogP contribution in [-0.2, 0) is 9.05 Å². The topological polar surface area (TPSA) is 87.2 Å². The van der Waals surface area contributed by atoms with E-state index in [4.69, 9.17) is 15.8 Å². The van der Waals surface area contributed by atoms with Crippen LogP contribution in [0.5, 0.6) is 0 Å². The lowest BCUT2D eigenvalue weighted by atomic mass is 10.2. The van der Waals surface area contributed by atoms with Gasteiger partial charge in [0, 0.05) is 21.9 Å². The van der Waals surface area contributed by atoms with E-state index in [-0.39, 0.29) is 21.8 Å². The van der Waals surface area contributed by atoms with Gasteiger partial charge in [-0.3, -0.25) is 0 Å². The number of aryl methyl sites for hydroxylation is 1. The molecular weight excluding hydrogens is 230 g/mol. The zero-order chi connectivity index (χ0) is 11.1. The van der Waals surface area contributed by atoms with Gasteiger partial charge in [0.25, 0.3) is 9.05 Å². The van der Waals surface area contributed by atoms with Crippen LogP contribution in [0.15, 0.2) is 4.90 Å². The Bertz CT molecular complexity index is 488. The number of hydrogen-bond donors (Lipinski definition) is 2. The van der Waals surface area contributed by atoms with Crippen molar-refractivity contribution in [2.45, 2.75) is 18.7 Å². The van der Waals surface area contributed by atoms with Crippen LogP contribution in [0.2, 0.25) is 0 Å². The first-order valence-electron chi connectivity index (χ1n) is 3.62. The molecule has 5 nitrogen and oxygen atoms in total. The molecule has 0 aliphatic rings. The molecule has 0 amide bonds. The van der Waals surface area contributed by atoms with Crippen molar-refractivity contribution in [3.05, 3.63) is 17.0 Å². The highest BCUT2D eigenvalue weighted by Crippen LogP contribution is 2.25. The van der Waals surface area contributed by atoms with E-state index < -0.39 is 15.0 Å². The van der Waals surface area contributed by atoms with E-state index in [1.165, 1.54) is 13.8 Å². The summed E-state index contributed by atoms with van der Waals surface area (Å²) in [7, 11) is 1.25. The molecule has 2 N–H and O–H groups in total. The maximum atomic E-state index is 11.1. The average molecular weight is 238 g/mol. The van der Waals surface area contributed by atoms with Crippen LogP contribution in [0.4, 0.5) is 0 Å². The number of nitrogens with one attached hydrogen (secondary N) is 1. The summed E-state index contributed by atoms with van der Waals surface area (Å²) in [4.78, 5) is 12.9. The third-order valence-electron chi connectivity index (χ3n) is 1.83. The van der Waals surface area contributed by atoms with Crippen molar-refractivity contribution in [1.29, 1.82) is 0 Å². The zero-order valence-corrected chi connectivity index (χ0v) is 9.03. The van der Waals surface area contributed by atoms with Crippen molar-refractivity contribution in [3.63, 3.8) is 0 Å². The number of aromatic amines is 1. The van der Waals surface area contributed by atoms with Crippen molar-refractivity contribution in [1.82, 2.24) is 4.98 Å². The largest absolute Gasteiger partial charge is 0.477 e. The molecule has 0 aromatic carbocycles. The van der Waals surface area contributed by atoms with E-state index in [0.29, 0.717) is 0 Å². The van der Waals surface area contributed by atoms with Gasteiger partial charge in [0.2, 0.25) is 0 Å². The molecule has 0 aliphatic carbocycles. The predicted molar refractivity (Wildman–Crippen MR) is 50.3 cm³/mol. The number of carboxylic acid groups (broad SMARTS) is 1. The van der Waals surface area contributed by atoms with Crippen LogP contribution in [-0.4, -0.2) is 24.5 Å². The molecule has 1 rings (SSSR count). The number of halogens is 1. The molecule has 0 fully saturated rings. The molecule has 0 spiro atoms. The van der Waals surface area contributed by atoms with Crippen LogP contribution in [0.3, 0.4) is 0 Å². The summed E-state index contributed by atoms with van der Waals surface area (Å²) >= 11 is 0. The van der Waals surface area contributed by atoms with Gasteiger partial charge in [0.1, 0.15) is 10.6 Å². The Balaban J connectivity index is 3.56. The summed E-state index contributed by atoms with van der Waals surface area (Å²) in [6.07, 6.45) is 0. The minimum absolute atomic E-state index is 0.130. The minimum Gasteiger partial charge on any atom is -0.477 e. The fraction of sp³-hybridized carbons (Fsp3) is 0.286. The second-order valence-corrected chi connectivity index (χ2v) is 5.32. The summed E-state index contributed by atoms with van der Waals surface area (Å²) in [5.74, 6) is -1.21. The van der Waals surface area contributed by atoms with Crippen molar-refractivity contribution >= 4 is 25.7 Å². The van der Waals surface area contributed by atoms with Gasteiger partial charge in [-0.2, -0.15) is 0 Å². The standard InChI is InChI=1S/C7H8ClNO4S/c1-3-5(7(10)11)9-4(2)6(3)14(8,12)13/h9H,1-2H3,(H,10,11). The molecule has 0 unspecified atom stereocenters. The average Bonchev–Trinajstić information content (AvgIpc) is 2.24. The number of aromatic carboxylic acids is 1. The van der Waals surface area contributed by atoms with Gasteiger partial charge in [0.05, 0.1) is 0 Å². The first-order chi connectivity index (χ1) is 6.25. The van der Waals surface area contributed by atoms with E-state index in [9.17, 15) is 13.2 Å². The number of H-pyrrole nitrogens is 1. The number of aromatic nitrogens is 1. The molecule has 1 aromatic rings. The first-order valence-corrected chi connectivity index (χ1v) is 5.93. The fourth-order valence-corrected chi connectivity index (χ4v) is 2.89. The molecule has 0 aliphatic heterocycles. The van der Waals surface area contributed by atoms with Crippen molar-refractivity contribution < 1.29 is 18.3 Å². The Kier molecular flexibility index (Phi) is 2.60. The first kappa shape index (κ1) is 11.1. The molecular formula is C7H8ClNO4S.